The lowest BCUT2D eigenvalue weighted by Gasteiger charge is -2.30. The number of hydrogen-bond acceptors (Lipinski definition) is 8. The number of thioether (sulfide) groups is 1. The van der Waals surface area contributed by atoms with E-state index in [1.165, 1.54) is 0 Å². The van der Waals surface area contributed by atoms with E-state index in [0.29, 0.717) is 31.3 Å². The molecule has 1 aromatic carbocycles. The van der Waals surface area contributed by atoms with E-state index in [1.807, 2.05) is 36.4 Å². The van der Waals surface area contributed by atoms with Gasteiger partial charge in [-0.25, -0.2) is 0 Å². The van der Waals surface area contributed by atoms with Gasteiger partial charge < -0.3 is 19.0 Å². The number of likely N-dealkylation sites (tertiary alicyclic amines) is 1. The van der Waals surface area contributed by atoms with Crippen LogP contribution in [0.25, 0.3) is 11.4 Å². The molecule has 32 heavy (non-hydrogen) atoms. The molecule has 0 saturated carbocycles. The summed E-state index contributed by atoms with van der Waals surface area (Å²) in [6.45, 7) is 2.83. The zero-order valence-electron chi connectivity index (χ0n) is 18.2. The quantitative estimate of drug-likeness (QED) is 0.463. The molecule has 0 aliphatic carbocycles. The normalized spacial score (nSPS) is 16.7. The van der Waals surface area contributed by atoms with E-state index in [4.69, 9.17) is 13.7 Å². The third-order valence-electron chi connectivity index (χ3n) is 5.42. The Hall–Kier alpha value is -2.78. The molecular formula is C23H28N4O4S. The van der Waals surface area contributed by atoms with Gasteiger partial charge in [0.1, 0.15) is 11.5 Å². The summed E-state index contributed by atoms with van der Waals surface area (Å²) in [6, 6.07) is 11.4. The second kappa shape index (κ2) is 11.2. The SMILES string of the molecule is COc1ccc(-c2noc(CN3CCCC(C(=O)NCCSCc4ccco4)C3)n2)cc1. The molecule has 1 fully saturated rings. The highest BCUT2D eigenvalue weighted by Gasteiger charge is 2.26. The summed E-state index contributed by atoms with van der Waals surface area (Å²) in [4.78, 5) is 19.3. The van der Waals surface area contributed by atoms with Crippen molar-refractivity contribution in [3.05, 3.63) is 54.3 Å². The van der Waals surface area contributed by atoms with Gasteiger partial charge in [0.05, 0.1) is 31.6 Å². The Morgan fingerprint density at radius 1 is 1.31 bits per heavy atom. The van der Waals surface area contributed by atoms with Crippen molar-refractivity contribution in [1.82, 2.24) is 20.4 Å². The van der Waals surface area contributed by atoms with Crippen molar-refractivity contribution in [2.45, 2.75) is 25.1 Å². The van der Waals surface area contributed by atoms with E-state index < -0.39 is 0 Å². The standard InChI is InChI=1S/C23H28N4O4S/c1-29-19-8-6-17(7-9-19)22-25-21(31-26-22)15-27-11-2-4-18(14-27)23(28)24-10-13-32-16-20-5-3-12-30-20/h3,5-9,12,18H,2,4,10-11,13-16H2,1H3,(H,24,28). The maximum absolute atomic E-state index is 12.6. The van der Waals surface area contributed by atoms with Gasteiger partial charge in [0.15, 0.2) is 0 Å². The number of amides is 1. The van der Waals surface area contributed by atoms with E-state index in [-0.39, 0.29) is 11.8 Å². The second-order valence-corrected chi connectivity index (χ2v) is 8.84. The molecule has 1 unspecified atom stereocenters. The Labute approximate surface area is 191 Å². The number of benzene rings is 1. The molecule has 2 aromatic heterocycles. The van der Waals surface area contributed by atoms with Crippen molar-refractivity contribution in [3.63, 3.8) is 0 Å². The molecule has 4 rings (SSSR count). The minimum atomic E-state index is -0.0113. The molecule has 3 heterocycles. The Bertz CT molecular complexity index is 974. The van der Waals surface area contributed by atoms with Crippen LogP contribution in [0.3, 0.4) is 0 Å². The third-order valence-corrected chi connectivity index (χ3v) is 6.40. The number of hydrogen-bond donors (Lipinski definition) is 1. The number of carbonyl (C=O) groups excluding carboxylic acids is 1. The predicted molar refractivity (Wildman–Crippen MR) is 122 cm³/mol. The summed E-state index contributed by atoms with van der Waals surface area (Å²) < 4.78 is 16.0. The zero-order valence-corrected chi connectivity index (χ0v) is 19.0. The highest BCUT2D eigenvalue weighted by Crippen LogP contribution is 2.22. The molecule has 1 atom stereocenters. The van der Waals surface area contributed by atoms with Gasteiger partial charge in [-0.2, -0.15) is 16.7 Å². The van der Waals surface area contributed by atoms with E-state index in [1.54, 1.807) is 25.1 Å². The van der Waals surface area contributed by atoms with Gasteiger partial charge in [-0.05, 0) is 55.8 Å². The fraction of sp³-hybridized carbons (Fsp3) is 0.435. The molecule has 1 N–H and O–H groups in total. The first kappa shape index (κ1) is 22.4. The molecule has 1 aliphatic heterocycles. The topological polar surface area (TPSA) is 93.6 Å². The van der Waals surface area contributed by atoms with Crippen molar-refractivity contribution in [3.8, 4) is 17.1 Å². The maximum atomic E-state index is 12.6. The predicted octanol–water partition coefficient (Wildman–Crippen LogP) is 3.60. The fourth-order valence-electron chi connectivity index (χ4n) is 3.74. The second-order valence-electron chi connectivity index (χ2n) is 7.74. The summed E-state index contributed by atoms with van der Waals surface area (Å²) >= 11 is 1.75. The largest absolute Gasteiger partial charge is 0.497 e. The lowest BCUT2D eigenvalue weighted by Crippen LogP contribution is -2.43. The molecule has 0 spiro atoms. The summed E-state index contributed by atoms with van der Waals surface area (Å²) in [5, 5.41) is 7.17. The summed E-state index contributed by atoms with van der Waals surface area (Å²) in [5.41, 5.74) is 0.876. The van der Waals surface area contributed by atoms with Crippen molar-refractivity contribution in [2.24, 2.45) is 5.92 Å². The Morgan fingerprint density at radius 2 is 2.19 bits per heavy atom. The van der Waals surface area contributed by atoms with Gasteiger partial charge in [-0.15, -0.1) is 0 Å². The number of ether oxygens (including phenoxy) is 1. The highest BCUT2D eigenvalue weighted by atomic mass is 32.2. The van der Waals surface area contributed by atoms with Crippen molar-refractivity contribution >= 4 is 17.7 Å². The lowest BCUT2D eigenvalue weighted by molar-refractivity contribution is -0.126. The number of rotatable bonds is 10. The van der Waals surface area contributed by atoms with Crippen LogP contribution in [-0.2, 0) is 17.1 Å². The van der Waals surface area contributed by atoms with Gasteiger partial charge in [0.25, 0.3) is 0 Å². The number of nitrogens with zero attached hydrogens (tertiary/aromatic N) is 3. The first-order valence-corrected chi connectivity index (χ1v) is 11.9. The van der Waals surface area contributed by atoms with Crippen LogP contribution < -0.4 is 10.1 Å². The Balaban J connectivity index is 1.21. The molecule has 9 heteroatoms. The molecular weight excluding hydrogens is 428 g/mol. The minimum Gasteiger partial charge on any atom is -0.497 e. The number of nitrogens with one attached hydrogen (secondary N) is 1. The monoisotopic (exact) mass is 456 g/mol. The maximum Gasteiger partial charge on any atom is 0.241 e. The molecule has 3 aromatic rings. The number of piperidine rings is 1. The smallest absolute Gasteiger partial charge is 0.241 e. The number of aromatic nitrogens is 2. The van der Waals surface area contributed by atoms with Crippen molar-refractivity contribution in [2.75, 3.05) is 32.5 Å². The first-order chi connectivity index (χ1) is 15.7. The first-order valence-electron chi connectivity index (χ1n) is 10.8. The van der Waals surface area contributed by atoms with Crippen LogP contribution in [-0.4, -0.2) is 53.4 Å². The van der Waals surface area contributed by atoms with Crippen LogP contribution in [0.2, 0.25) is 0 Å². The van der Waals surface area contributed by atoms with Crippen molar-refractivity contribution in [1.29, 1.82) is 0 Å². The molecule has 170 valence electrons. The van der Waals surface area contributed by atoms with E-state index >= 15 is 0 Å². The van der Waals surface area contributed by atoms with Crippen LogP contribution in [0.15, 0.2) is 51.6 Å². The summed E-state index contributed by atoms with van der Waals surface area (Å²) in [7, 11) is 1.63. The average molecular weight is 457 g/mol. The Morgan fingerprint density at radius 3 is 2.97 bits per heavy atom. The van der Waals surface area contributed by atoms with E-state index in [9.17, 15) is 4.79 Å². The number of furan rings is 1. The van der Waals surface area contributed by atoms with Crippen LogP contribution in [0.5, 0.6) is 5.75 Å². The third kappa shape index (κ3) is 6.14. The molecule has 1 aliphatic rings. The van der Waals surface area contributed by atoms with Gasteiger partial charge in [-0.1, -0.05) is 5.16 Å². The molecule has 8 nitrogen and oxygen atoms in total. The van der Waals surface area contributed by atoms with Crippen LogP contribution in [0.1, 0.15) is 24.5 Å². The van der Waals surface area contributed by atoms with Crippen LogP contribution in [0.4, 0.5) is 0 Å². The van der Waals surface area contributed by atoms with Gasteiger partial charge >= 0.3 is 0 Å². The zero-order chi connectivity index (χ0) is 22.2. The minimum absolute atomic E-state index is 0.0113. The summed E-state index contributed by atoms with van der Waals surface area (Å²) in [6.07, 6.45) is 3.56. The Kier molecular flexibility index (Phi) is 7.84. The molecule has 1 saturated heterocycles. The average Bonchev–Trinajstić information content (AvgIpc) is 3.51. The lowest BCUT2D eigenvalue weighted by atomic mass is 9.97. The molecule has 1 amide bonds. The van der Waals surface area contributed by atoms with Gasteiger partial charge in [0.2, 0.25) is 17.6 Å². The number of carbonyl (C=O) groups is 1. The fourth-order valence-corrected chi connectivity index (χ4v) is 4.50. The van der Waals surface area contributed by atoms with Gasteiger partial charge in [0, 0.05) is 24.4 Å². The highest BCUT2D eigenvalue weighted by molar-refractivity contribution is 7.98. The van der Waals surface area contributed by atoms with Gasteiger partial charge in [-0.3, -0.25) is 9.69 Å². The van der Waals surface area contributed by atoms with Crippen molar-refractivity contribution < 1.29 is 18.5 Å². The van der Waals surface area contributed by atoms with E-state index in [2.05, 4.69) is 20.4 Å². The van der Waals surface area contributed by atoms with E-state index in [0.717, 1.165) is 48.0 Å². The molecule has 0 bridgehead atoms. The van der Waals surface area contributed by atoms with Crippen LogP contribution in [0, 0.1) is 5.92 Å². The van der Waals surface area contributed by atoms with Crippen LogP contribution >= 0.6 is 11.8 Å². The number of methoxy groups -OCH3 is 1. The molecule has 0 radical (unpaired) electrons. The summed E-state index contributed by atoms with van der Waals surface area (Å²) in [5.74, 6) is 4.65.